The second-order valence-corrected chi connectivity index (χ2v) is 9.79. The fourth-order valence-electron chi connectivity index (χ4n) is 4.72. The molecule has 0 spiro atoms. The minimum absolute atomic E-state index is 0.0153. The number of hydrogen-bond acceptors (Lipinski definition) is 5. The number of aromatic nitrogens is 5. The van der Waals surface area contributed by atoms with Crippen LogP contribution in [0.15, 0.2) is 36.5 Å². The Balaban J connectivity index is 1.37. The fourth-order valence-corrected chi connectivity index (χ4v) is 4.72. The standard InChI is InChI=1S/C27H30F3N7O/c1-5-36-16-21(19(4)32-36)15-34-8-10-35(11-9-34)26(38)23-14-25-31-22(20-7-6-17(2)18(3)12-20)13-24(27(28,29)30)37(25)33-23/h6-7,12-14,16H,5,8-11,15H2,1-4H3. The van der Waals surface area contributed by atoms with E-state index in [0.717, 1.165) is 46.1 Å². The molecule has 1 saturated heterocycles. The van der Waals surface area contributed by atoms with Gasteiger partial charge in [0.1, 0.15) is 0 Å². The monoisotopic (exact) mass is 525 g/mol. The molecule has 200 valence electrons. The van der Waals surface area contributed by atoms with Crippen molar-refractivity contribution in [2.45, 2.75) is 47.0 Å². The van der Waals surface area contributed by atoms with Crippen LogP contribution in [-0.2, 0) is 19.3 Å². The number of halogens is 3. The van der Waals surface area contributed by atoms with Gasteiger partial charge in [-0.3, -0.25) is 14.4 Å². The van der Waals surface area contributed by atoms with Gasteiger partial charge in [-0.1, -0.05) is 12.1 Å². The molecule has 4 aromatic rings. The summed E-state index contributed by atoms with van der Waals surface area (Å²) < 4.78 is 44.6. The van der Waals surface area contributed by atoms with Crippen LogP contribution in [0, 0.1) is 20.8 Å². The number of carbonyl (C=O) groups excluding carboxylic acids is 1. The van der Waals surface area contributed by atoms with Gasteiger partial charge in [0, 0.05) is 62.7 Å². The Bertz CT molecular complexity index is 1500. The fraction of sp³-hybridized carbons (Fsp3) is 0.407. The van der Waals surface area contributed by atoms with E-state index in [2.05, 4.69) is 20.1 Å². The first kappa shape index (κ1) is 25.9. The van der Waals surface area contributed by atoms with Gasteiger partial charge in [0.05, 0.1) is 11.4 Å². The summed E-state index contributed by atoms with van der Waals surface area (Å²) in [6, 6.07) is 7.74. The summed E-state index contributed by atoms with van der Waals surface area (Å²) in [5.74, 6) is -0.397. The number of benzene rings is 1. The first-order valence-electron chi connectivity index (χ1n) is 12.6. The molecule has 0 N–H and O–H groups in total. The summed E-state index contributed by atoms with van der Waals surface area (Å²) >= 11 is 0. The highest BCUT2D eigenvalue weighted by Crippen LogP contribution is 2.33. The average Bonchev–Trinajstić information content (AvgIpc) is 3.47. The summed E-state index contributed by atoms with van der Waals surface area (Å²) in [5.41, 5.74) is 3.86. The van der Waals surface area contributed by atoms with Crippen LogP contribution in [0.1, 0.15) is 45.5 Å². The normalized spacial score (nSPS) is 15.0. The Morgan fingerprint density at radius 1 is 0.974 bits per heavy atom. The molecule has 5 rings (SSSR count). The maximum atomic E-state index is 14.0. The van der Waals surface area contributed by atoms with Crippen LogP contribution >= 0.6 is 0 Å². The molecule has 0 saturated carbocycles. The van der Waals surface area contributed by atoms with Gasteiger partial charge in [-0.25, -0.2) is 9.50 Å². The van der Waals surface area contributed by atoms with E-state index in [1.807, 2.05) is 50.7 Å². The van der Waals surface area contributed by atoms with Crippen molar-refractivity contribution < 1.29 is 18.0 Å². The number of carbonyl (C=O) groups is 1. The lowest BCUT2D eigenvalue weighted by Gasteiger charge is -2.34. The van der Waals surface area contributed by atoms with Crippen molar-refractivity contribution in [2.24, 2.45) is 0 Å². The third-order valence-electron chi connectivity index (χ3n) is 7.16. The minimum Gasteiger partial charge on any atom is -0.335 e. The molecule has 3 aromatic heterocycles. The molecule has 11 heteroatoms. The van der Waals surface area contributed by atoms with E-state index in [-0.39, 0.29) is 17.0 Å². The van der Waals surface area contributed by atoms with E-state index in [0.29, 0.717) is 31.7 Å². The second kappa shape index (κ2) is 9.86. The van der Waals surface area contributed by atoms with E-state index >= 15 is 0 Å². The van der Waals surface area contributed by atoms with Gasteiger partial charge in [0.15, 0.2) is 17.0 Å². The molecule has 1 aliphatic heterocycles. The van der Waals surface area contributed by atoms with Crippen LogP contribution in [0.5, 0.6) is 0 Å². The Kier molecular flexibility index (Phi) is 6.72. The van der Waals surface area contributed by atoms with Gasteiger partial charge in [0.2, 0.25) is 0 Å². The molecular formula is C27H30F3N7O. The molecule has 8 nitrogen and oxygen atoms in total. The molecule has 0 bridgehead atoms. The number of hydrogen-bond donors (Lipinski definition) is 0. The zero-order valence-electron chi connectivity index (χ0n) is 21.9. The van der Waals surface area contributed by atoms with Crippen LogP contribution in [0.25, 0.3) is 16.9 Å². The van der Waals surface area contributed by atoms with Crippen molar-refractivity contribution in [2.75, 3.05) is 26.2 Å². The minimum atomic E-state index is -4.67. The van der Waals surface area contributed by atoms with Crippen molar-refractivity contribution in [3.8, 4) is 11.3 Å². The Hall–Kier alpha value is -3.73. The van der Waals surface area contributed by atoms with E-state index in [9.17, 15) is 18.0 Å². The molecule has 0 radical (unpaired) electrons. The van der Waals surface area contributed by atoms with Crippen LogP contribution < -0.4 is 0 Å². The highest BCUT2D eigenvalue weighted by atomic mass is 19.4. The highest BCUT2D eigenvalue weighted by molar-refractivity contribution is 5.93. The van der Waals surface area contributed by atoms with Gasteiger partial charge >= 0.3 is 6.18 Å². The van der Waals surface area contributed by atoms with Gasteiger partial charge in [-0.15, -0.1) is 0 Å². The molecule has 0 unspecified atom stereocenters. The predicted molar refractivity (Wildman–Crippen MR) is 137 cm³/mol. The van der Waals surface area contributed by atoms with E-state index in [4.69, 9.17) is 0 Å². The number of piperazine rings is 1. The SMILES string of the molecule is CCn1cc(CN2CCN(C(=O)c3cc4nc(-c5ccc(C)c(C)c5)cc(C(F)(F)F)n4n3)CC2)c(C)n1. The molecule has 1 amide bonds. The van der Waals surface area contributed by atoms with Crippen LogP contribution in [0.2, 0.25) is 0 Å². The lowest BCUT2D eigenvalue weighted by atomic mass is 10.0. The van der Waals surface area contributed by atoms with Crippen molar-refractivity contribution in [3.63, 3.8) is 0 Å². The average molecular weight is 526 g/mol. The second-order valence-electron chi connectivity index (χ2n) is 9.79. The maximum Gasteiger partial charge on any atom is 0.433 e. The Labute approximate surface area is 218 Å². The van der Waals surface area contributed by atoms with Gasteiger partial charge < -0.3 is 4.90 Å². The number of aryl methyl sites for hydroxylation is 4. The summed E-state index contributed by atoms with van der Waals surface area (Å²) in [6.45, 7) is 11.6. The van der Waals surface area contributed by atoms with Crippen LogP contribution in [0.3, 0.4) is 0 Å². The number of nitrogens with zero attached hydrogens (tertiary/aromatic N) is 7. The topological polar surface area (TPSA) is 71.6 Å². The Morgan fingerprint density at radius 3 is 2.34 bits per heavy atom. The molecule has 0 atom stereocenters. The van der Waals surface area contributed by atoms with Gasteiger partial charge in [-0.05, 0) is 51.0 Å². The third kappa shape index (κ3) is 5.02. The first-order valence-corrected chi connectivity index (χ1v) is 12.6. The number of fused-ring (bicyclic) bond motifs is 1. The van der Waals surface area contributed by atoms with E-state index in [1.54, 1.807) is 11.0 Å². The molecule has 4 heterocycles. The molecule has 1 aliphatic rings. The summed E-state index contributed by atoms with van der Waals surface area (Å²) in [6.07, 6.45) is -2.63. The molecule has 1 fully saturated rings. The third-order valence-corrected chi connectivity index (χ3v) is 7.16. The molecule has 38 heavy (non-hydrogen) atoms. The quantitative estimate of drug-likeness (QED) is 0.383. The molecule has 1 aromatic carbocycles. The lowest BCUT2D eigenvalue weighted by Crippen LogP contribution is -2.48. The smallest absolute Gasteiger partial charge is 0.335 e. The first-order chi connectivity index (χ1) is 18.0. The van der Waals surface area contributed by atoms with Crippen molar-refractivity contribution in [1.29, 1.82) is 0 Å². The highest BCUT2D eigenvalue weighted by Gasteiger charge is 2.36. The maximum absolute atomic E-state index is 14.0. The number of amides is 1. The van der Waals surface area contributed by atoms with E-state index in [1.165, 1.54) is 6.07 Å². The van der Waals surface area contributed by atoms with Crippen molar-refractivity contribution in [1.82, 2.24) is 34.2 Å². The number of rotatable bonds is 5. The summed E-state index contributed by atoms with van der Waals surface area (Å²) in [4.78, 5) is 21.5. The van der Waals surface area contributed by atoms with Crippen molar-refractivity contribution >= 4 is 11.6 Å². The number of alkyl halides is 3. The van der Waals surface area contributed by atoms with E-state index < -0.39 is 17.8 Å². The Morgan fingerprint density at radius 2 is 1.71 bits per heavy atom. The predicted octanol–water partition coefficient (Wildman–Crippen LogP) is 4.51. The summed E-state index contributed by atoms with van der Waals surface area (Å²) in [5, 5.41) is 8.53. The van der Waals surface area contributed by atoms with Crippen molar-refractivity contribution in [3.05, 3.63) is 70.3 Å². The van der Waals surface area contributed by atoms with Gasteiger partial charge in [0.25, 0.3) is 5.91 Å². The van der Waals surface area contributed by atoms with Crippen LogP contribution in [-0.4, -0.2) is 66.3 Å². The summed E-state index contributed by atoms with van der Waals surface area (Å²) in [7, 11) is 0. The zero-order chi connectivity index (χ0) is 27.2. The van der Waals surface area contributed by atoms with Gasteiger partial charge in [-0.2, -0.15) is 23.4 Å². The molecule has 0 aliphatic carbocycles. The molecular weight excluding hydrogens is 495 g/mol. The lowest BCUT2D eigenvalue weighted by molar-refractivity contribution is -0.142. The largest absolute Gasteiger partial charge is 0.433 e. The van der Waals surface area contributed by atoms with Crippen LogP contribution in [0.4, 0.5) is 13.2 Å². The zero-order valence-corrected chi connectivity index (χ0v) is 21.9.